The number of hydroxylamine groups is 2. The fourth-order valence-corrected chi connectivity index (χ4v) is 6.84. The van der Waals surface area contributed by atoms with Gasteiger partial charge in [0.25, 0.3) is 0 Å². The molecule has 0 radical (unpaired) electrons. The Balaban J connectivity index is 1.62. The molecule has 0 aliphatic rings. The van der Waals surface area contributed by atoms with E-state index in [4.69, 9.17) is 0 Å². The minimum Gasteiger partial charge on any atom is -0.285 e. The van der Waals surface area contributed by atoms with Crippen LogP contribution in [0.1, 0.15) is 16.5 Å². The molecule has 0 saturated carbocycles. The number of amides is 1. The van der Waals surface area contributed by atoms with E-state index in [1.54, 1.807) is 17.4 Å². The highest BCUT2D eigenvalue weighted by Crippen LogP contribution is 2.33. The van der Waals surface area contributed by atoms with Crippen LogP contribution in [-0.2, 0) is 20.4 Å². The summed E-state index contributed by atoms with van der Waals surface area (Å²) >= 11 is 2.98. The number of carbonyl (C=O) groups excluding carboxylic acids is 1. The van der Waals surface area contributed by atoms with Gasteiger partial charge in [0.05, 0.1) is 11.5 Å². The Morgan fingerprint density at radius 1 is 1.04 bits per heavy atom. The molecule has 1 atom stereocenters. The average Bonchev–Trinajstić information content (AvgIpc) is 3.31. The highest BCUT2D eigenvalue weighted by atomic mass is 32.2. The van der Waals surface area contributed by atoms with Gasteiger partial charge in [-0.15, -0.1) is 22.7 Å². The molecule has 2 aromatic carbocycles. The number of hydrogen-bond donors (Lipinski definition) is 1. The Kier molecular flexibility index (Phi) is 5.20. The van der Waals surface area contributed by atoms with Gasteiger partial charge in [-0.05, 0) is 52.0 Å². The summed E-state index contributed by atoms with van der Waals surface area (Å²) in [5.74, 6) is -0.496. The van der Waals surface area contributed by atoms with Crippen LogP contribution in [0.3, 0.4) is 0 Å². The Bertz CT molecular complexity index is 1210. The van der Waals surface area contributed by atoms with Gasteiger partial charge in [0, 0.05) is 14.3 Å². The van der Waals surface area contributed by atoms with Gasteiger partial charge in [0.15, 0.2) is 9.84 Å². The second-order valence-corrected chi connectivity index (χ2v) is 10.7. The average molecular weight is 432 g/mol. The molecule has 0 bridgehead atoms. The summed E-state index contributed by atoms with van der Waals surface area (Å²) in [6.07, 6.45) is 0.252. The highest BCUT2D eigenvalue weighted by Gasteiger charge is 2.27. The smallest absolute Gasteiger partial charge is 0.233 e. The minimum atomic E-state index is -3.58. The number of carbonyl (C=O) groups is 1. The molecule has 28 heavy (non-hydrogen) atoms. The van der Waals surface area contributed by atoms with Crippen LogP contribution in [0, 0.1) is 0 Å². The first-order valence-electron chi connectivity index (χ1n) is 8.53. The van der Waals surface area contributed by atoms with Crippen LogP contribution in [0.4, 0.5) is 0 Å². The van der Waals surface area contributed by atoms with Gasteiger partial charge in [-0.25, -0.2) is 13.5 Å². The zero-order valence-electron chi connectivity index (χ0n) is 14.7. The first-order chi connectivity index (χ1) is 13.4. The van der Waals surface area contributed by atoms with Crippen molar-refractivity contribution in [3.05, 3.63) is 70.4 Å². The van der Waals surface area contributed by atoms with Crippen molar-refractivity contribution in [2.75, 3.05) is 5.75 Å². The quantitative estimate of drug-likeness (QED) is 0.263. The number of hydrogen-bond acceptors (Lipinski definition) is 6. The van der Waals surface area contributed by atoms with Gasteiger partial charge in [-0.3, -0.25) is 10.0 Å². The van der Waals surface area contributed by atoms with Gasteiger partial charge in [0.2, 0.25) is 6.41 Å². The second-order valence-electron chi connectivity index (χ2n) is 6.54. The Morgan fingerprint density at radius 2 is 1.82 bits per heavy atom. The van der Waals surface area contributed by atoms with E-state index in [9.17, 15) is 18.4 Å². The van der Waals surface area contributed by atoms with Crippen molar-refractivity contribution in [2.24, 2.45) is 0 Å². The summed E-state index contributed by atoms with van der Waals surface area (Å²) in [5, 5.41) is 14.4. The maximum absolute atomic E-state index is 12.8. The van der Waals surface area contributed by atoms with E-state index in [0.717, 1.165) is 20.2 Å². The molecule has 5 nitrogen and oxygen atoms in total. The molecule has 0 aliphatic carbocycles. The van der Waals surface area contributed by atoms with Crippen LogP contribution >= 0.6 is 22.7 Å². The van der Waals surface area contributed by atoms with Crippen molar-refractivity contribution in [3.8, 4) is 0 Å². The number of fused-ring (bicyclic) bond motifs is 2. The van der Waals surface area contributed by atoms with E-state index in [1.807, 2.05) is 53.9 Å². The third-order valence-electron chi connectivity index (χ3n) is 4.52. The fourth-order valence-electron chi connectivity index (χ4n) is 3.19. The van der Waals surface area contributed by atoms with E-state index in [1.165, 1.54) is 11.3 Å². The molecule has 0 spiro atoms. The number of rotatable bonds is 7. The maximum atomic E-state index is 12.8. The monoisotopic (exact) mass is 431 g/mol. The Labute approximate surface area is 170 Å². The largest absolute Gasteiger partial charge is 0.285 e. The van der Waals surface area contributed by atoms with Crippen molar-refractivity contribution in [1.82, 2.24) is 5.06 Å². The molecule has 4 rings (SSSR count). The zero-order chi connectivity index (χ0) is 19.7. The van der Waals surface area contributed by atoms with Crippen molar-refractivity contribution in [3.63, 3.8) is 0 Å². The van der Waals surface area contributed by atoms with Crippen molar-refractivity contribution < 1.29 is 18.4 Å². The molecule has 2 heterocycles. The van der Waals surface area contributed by atoms with E-state index < -0.39 is 15.9 Å². The SMILES string of the molecule is O=CN(O)[C@@H](CS(=O)(=O)Cc1ccc2sccc2c1)c1cc2ccccc2s1. The van der Waals surface area contributed by atoms with Crippen LogP contribution in [0.5, 0.6) is 0 Å². The lowest BCUT2D eigenvalue weighted by Crippen LogP contribution is -2.30. The lowest BCUT2D eigenvalue weighted by Gasteiger charge is -2.21. The molecule has 2 aromatic heterocycles. The van der Waals surface area contributed by atoms with Crippen LogP contribution < -0.4 is 0 Å². The zero-order valence-corrected chi connectivity index (χ0v) is 17.1. The second kappa shape index (κ2) is 7.63. The molecule has 1 N–H and O–H groups in total. The van der Waals surface area contributed by atoms with Gasteiger partial charge in [0.1, 0.15) is 6.04 Å². The number of benzene rings is 2. The van der Waals surface area contributed by atoms with E-state index in [2.05, 4.69) is 0 Å². The number of sulfone groups is 1. The predicted octanol–water partition coefficient (Wildman–Crippen LogP) is 4.62. The Hall–Kier alpha value is -2.26. The molecule has 144 valence electrons. The molecule has 0 unspecified atom stereocenters. The summed E-state index contributed by atoms with van der Waals surface area (Å²) in [6.45, 7) is 0. The highest BCUT2D eigenvalue weighted by molar-refractivity contribution is 7.90. The molecule has 8 heteroatoms. The predicted molar refractivity (Wildman–Crippen MR) is 114 cm³/mol. The topological polar surface area (TPSA) is 74.7 Å². The third kappa shape index (κ3) is 3.95. The van der Waals surface area contributed by atoms with Gasteiger partial charge >= 0.3 is 0 Å². The maximum Gasteiger partial charge on any atom is 0.233 e. The first-order valence-corrected chi connectivity index (χ1v) is 12.0. The van der Waals surface area contributed by atoms with Gasteiger partial charge < -0.3 is 0 Å². The first kappa shape index (κ1) is 19.1. The van der Waals surface area contributed by atoms with Crippen LogP contribution in [0.2, 0.25) is 0 Å². The molecule has 1 amide bonds. The fraction of sp³-hybridized carbons (Fsp3) is 0.150. The molecule has 0 aliphatic heterocycles. The van der Waals surface area contributed by atoms with E-state index in [-0.39, 0.29) is 17.9 Å². The molecular weight excluding hydrogens is 414 g/mol. The summed E-state index contributed by atoms with van der Waals surface area (Å²) in [7, 11) is -3.58. The minimum absolute atomic E-state index is 0.146. The third-order valence-corrected chi connectivity index (χ3v) is 8.23. The lowest BCUT2D eigenvalue weighted by molar-refractivity contribution is -0.158. The van der Waals surface area contributed by atoms with E-state index in [0.29, 0.717) is 15.5 Å². The summed E-state index contributed by atoms with van der Waals surface area (Å²) in [4.78, 5) is 11.8. The van der Waals surface area contributed by atoms with Gasteiger partial charge in [-0.2, -0.15) is 0 Å². The Morgan fingerprint density at radius 3 is 2.61 bits per heavy atom. The standard InChI is InChI=1S/C20H17NO4S3/c22-13-21(23)17(20-10-15-3-1-2-4-19(15)27-20)12-28(24,25)11-14-5-6-18-16(9-14)7-8-26-18/h1-10,13,17,23H,11-12H2/t17-/m0/s1. The molecule has 0 saturated heterocycles. The van der Waals surface area contributed by atoms with Crippen molar-refractivity contribution in [1.29, 1.82) is 0 Å². The molecular formula is C20H17NO4S3. The lowest BCUT2D eigenvalue weighted by atomic mass is 10.2. The van der Waals surface area contributed by atoms with Crippen LogP contribution in [0.15, 0.2) is 60.0 Å². The summed E-state index contributed by atoms with van der Waals surface area (Å²) in [6, 6.07) is 16.1. The summed E-state index contributed by atoms with van der Waals surface area (Å²) in [5.41, 5.74) is 0.691. The van der Waals surface area contributed by atoms with Crippen LogP contribution in [0.25, 0.3) is 20.2 Å². The normalized spacial score (nSPS) is 13.0. The summed E-state index contributed by atoms with van der Waals surface area (Å²) < 4.78 is 27.8. The van der Waals surface area contributed by atoms with E-state index >= 15 is 0 Å². The molecule has 0 fully saturated rings. The molecule has 4 aromatic rings. The van der Waals surface area contributed by atoms with Crippen LogP contribution in [-0.4, -0.2) is 30.9 Å². The van der Waals surface area contributed by atoms with Crippen molar-refractivity contribution in [2.45, 2.75) is 11.8 Å². The van der Waals surface area contributed by atoms with Crippen molar-refractivity contribution >= 4 is 59.1 Å². The van der Waals surface area contributed by atoms with Gasteiger partial charge in [-0.1, -0.05) is 24.3 Å². The number of thiophene rings is 2. The number of nitrogens with zero attached hydrogens (tertiary/aromatic N) is 1.